The number of thiazole rings is 1. The van der Waals surface area contributed by atoms with E-state index in [1.54, 1.807) is 64.3 Å². The van der Waals surface area contributed by atoms with Gasteiger partial charge < -0.3 is 14.2 Å². The number of fused-ring (bicyclic) bond motifs is 1. The third kappa shape index (κ3) is 6.16. The molecule has 0 fully saturated rings. The van der Waals surface area contributed by atoms with Gasteiger partial charge >= 0.3 is 5.97 Å². The normalized spacial score (nSPS) is 14.9. The van der Waals surface area contributed by atoms with Crippen molar-refractivity contribution in [2.75, 3.05) is 7.11 Å². The molecule has 1 aliphatic heterocycles. The topological polar surface area (TPSA) is 79.1 Å². The molecule has 0 saturated heterocycles. The van der Waals surface area contributed by atoms with Crippen LogP contribution in [0.3, 0.4) is 0 Å². The minimum atomic E-state index is -0.813. The van der Waals surface area contributed by atoms with Gasteiger partial charge in [-0.15, -0.1) is 0 Å². The maximum absolute atomic E-state index is 13.9. The molecule has 0 amide bonds. The summed E-state index contributed by atoms with van der Waals surface area (Å²) in [6.45, 7) is 5.64. The average Bonchev–Trinajstić information content (AvgIpc) is 3.26. The van der Waals surface area contributed by atoms with E-state index in [1.807, 2.05) is 36.4 Å². The summed E-state index contributed by atoms with van der Waals surface area (Å²) in [4.78, 5) is 32.5. The van der Waals surface area contributed by atoms with Crippen molar-refractivity contribution in [2.24, 2.45) is 4.99 Å². The lowest BCUT2D eigenvalue weighted by Crippen LogP contribution is -2.40. The van der Waals surface area contributed by atoms with Gasteiger partial charge in [-0.25, -0.2) is 9.79 Å². The van der Waals surface area contributed by atoms with Gasteiger partial charge in [-0.1, -0.05) is 77.0 Å². The highest BCUT2D eigenvalue weighted by Crippen LogP contribution is 2.36. The third-order valence-corrected chi connectivity index (χ3v) is 8.12. The van der Waals surface area contributed by atoms with Crippen molar-refractivity contribution in [3.8, 4) is 11.5 Å². The molecule has 216 valence electrons. The second-order valence-corrected chi connectivity index (χ2v) is 11.7. The fraction of sp³-hybridized carbons (Fsp3) is 0.219. The van der Waals surface area contributed by atoms with Gasteiger partial charge in [0, 0.05) is 10.0 Å². The first-order chi connectivity index (χ1) is 20.2. The first kappa shape index (κ1) is 29.6. The minimum Gasteiger partial charge on any atom is -0.493 e. The molecule has 7 nitrogen and oxygen atoms in total. The van der Waals surface area contributed by atoms with Crippen molar-refractivity contribution in [2.45, 2.75) is 39.5 Å². The minimum absolute atomic E-state index is 0.271. The van der Waals surface area contributed by atoms with E-state index in [9.17, 15) is 9.59 Å². The summed E-state index contributed by atoms with van der Waals surface area (Å²) in [5, 5.41) is 0.908. The van der Waals surface area contributed by atoms with E-state index >= 15 is 0 Å². The van der Waals surface area contributed by atoms with Gasteiger partial charge in [-0.2, -0.15) is 0 Å². The number of hydrogen-bond acceptors (Lipinski definition) is 7. The first-order valence-electron chi connectivity index (χ1n) is 13.2. The van der Waals surface area contributed by atoms with Crippen molar-refractivity contribution in [1.82, 2.24) is 4.57 Å². The van der Waals surface area contributed by atoms with Gasteiger partial charge in [0.25, 0.3) is 5.56 Å². The molecule has 0 N–H and O–H groups in total. The average molecular weight is 624 g/mol. The molecule has 5 rings (SSSR count). The zero-order valence-electron chi connectivity index (χ0n) is 23.4. The van der Waals surface area contributed by atoms with Crippen LogP contribution in [0.5, 0.6) is 11.5 Å². The monoisotopic (exact) mass is 622 g/mol. The van der Waals surface area contributed by atoms with Gasteiger partial charge in [0.15, 0.2) is 16.3 Å². The number of carbonyl (C=O) groups excluding carboxylic acids is 1. The fourth-order valence-corrected chi connectivity index (χ4v) is 6.14. The molecule has 4 aromatic rings. The van der Waals surface area contributed by atoms with Gasteiger partial charge in [0.2, 0.25) is 0 Å². The van der Waals surface area contributed by atoms with Gasteiger partial charge in [-0.05, 0) is 67.8 Å². The summed E-state index contributed by atoms with van der Waals surface area (Å²) in [6.07, 6.45) is 1.34. The first-order valence-corrected chi connectivity index (χ1v) is 14.8. The molecule has 1 aliphatic rings. The van der Waals surface area contributed by atoms with Crippen LogP contribution < -0.4 is 24.4 Å². The molecule has 2 heterocycles. The number of halogens is 2. The Kier molecular flexibility index (Phi) is 8.87. The highest BCUT2D eigenvalue weighted by Gasteiger charge is 2.34. The predicted octanol–water partition coefficient (Wildman–Crippen LogP) is 6.08. The van der Waals surface area contributed by atoms with Crippen molar-refractivity contribution in [1.29, 1.82) is 0 Å². The van der Waals surface area contributed by atoms with Gasteiger partial charge in [0.1, 0.15) is 6.61 Å². The van der Waals surface area contributed by atoms with Crippen LogP contribution in [0.25, 0.3) is 6.08 Å². The molecule has 0 saturated carbocycles. The van der Waals surface area contributed by atoms with E-state index in [0.29, 0.717) is 54.3 Å². The van der Waals surface area contributed by atoms with E-state index in [0.717, 1.165) is 5.56 Å². The Labute approximate surface area is 256 Å². The number of nitrogens with zero attached hydrogens (tertiary/aromatic N) is 2. The summed E-state index contributed by atoms with van der Waals surface area (Å²) in [7, 11) is 1.55. The Balaban J connectivity index is 1.63. The Hall–Kier alpha value is -3.85. The largest absolute Gasteiger partial charge is 0.493 e. The van der Waals surface area contributed by atoms with Crippen LogP contribution in [-0.4, -0.2) is 23.8 Å². The summed E-state index contributed by atoms with van der Waals surface area (Å²) in [5.74, 6) is 0.446. The lowest BCUT2D eigenvalue weighted by Gasteiger charge is -2.26. The van der Waals surface area contributed by atoms with Crippen LogP contribution in [-0.2, 0) is 16.1 Å². The van der Waals surface area contributed by atoms with E-state index in [4.69, 9.17) is 37.4 Å². The molecule has 42 heavy (non-hydrogen) atoms. The van der Waals surface area contributed by atoms with Crippen molar-refractivity contribution in [3.05, 3.63) is 124 Å². The summed E-state index contributed by atoms with van der Waals surface area (Å²) in [5.41, 5.74) is 2.70. The molecule has 1 atom stereocenters. The fourth-order valence-electron chi connectivity index (χ4n) is 4.64. The van der Waals surface area contributed by atoms with Crippen LogP contribution >= 0.6 is 34.5 Å². The Morgan fingerprint density at radius 2 is 1.83 bits per heavy atom. The summed E-state index contributed by atoms with van der Waals surface area (Å²) < 4.78 is 19.3. The zero-order chi connectivity index (χ0) is 30.0. The molecule has 0 radical (unpaired) electrons. The maximum atomic E-state index is 13.9. The SMILES string of the molecule is COc1cc(C2C(C(=O)OC(C)C)=C(C)N=c3s/c(=C\c4ccc(Cl)cc4Cl)c(=O)n32)ccc1OCc1ccccc1. The van der Waals surface area contributed by atoms with Crippen LogP contribution in [0.4, 0.5) is 0 Å². The lowest BCUT2D eigenvalue weighted by molar-refractivity contribution is -0.143. The quantitative estimate of drug-likeness (QED) is 0.223. The molecule has 0 bridgehead atoms. The Bertz CT molecular complexity index is 1860. The predicted molar refractivity (Wildman–Crippen MR) is 165 cm³/mol. The number of rotatable bonds is 8. The van der Waals surface area contributed by atoms with E-state index in [-0.39, 0.29) is 17.2 Å². The highest BCUT2D eigenvalue weighted by atomic mass is 35.5. The molecule has 10 heteroatoms. The number of ether oxygens (including phenoxy) is 3. The number of aromatic nitrogens is 1. The Morgan fingerprint density at radius 1 is 1.07 bits per heavy atom. The number of methoxy groups -OCH3 is 1. The smallest absolute Gasteiger partial charge is 0.338 e. The second-order valence-electron chi connectivity index (χ2n) is 9.89. The summed E-state index contributed by atoms with van der Waals surface area (Å²) in [6, 6.07) is 19.4. The van der Waals surface area contributed by atoms with E-state index < -0.39 is 12.0 Å². The number of allylic oxidation sites excluding steroid dienone is 1. The number of hydrogen-bond donors (Lipinski definition) is 0. The number of carbonyl (C=O) groups is 1. The van der Waals surface area contributed by atoms with Crippen molar-refractivity contribution < 1.29 is 19.0 Å². The molecular formula is C32H28Cl2N2O5S. The molecule has 0 aliphatic carbocycles. The van der Waals surface area contributed by atoms with Crippen LogP contribution in [0.1, 0.15) is 43.5 Å². The molecule has 0 spiro atoms. The molecular weight excluding hydrogens is 595 g/mol. The molecule has 3 aromatic carbocycles. The van der Waals surface area contributed by atoms with Gasteiger partial charge in [0.05, 0.1) is 35.1 Å². The number of benzene rings is 3. The molecule has 1 aromatic heterocycles. The Morgan fingerprint density at radius 3 is 2.52 bits per heavy atom. The lowest BCUT2D eigenvalue weighted by atomic mass is 9.95. The highest BCUT2D eigenvalue weighted by molar-refractivity contribution is 7.07. The standard InChI is InChI=1S/C32H28Cl2N2O5S/c1-18(2)41-31(38)28-19(3)35-32-36(30(37)27(42-32)15-21-10-12-23(33)16-24(21)34)29(28)22-11-13-25(26(14-22)39-4)40-17-20-8-6-5-7-9-20/h5-16,18,29H,17H2,1-4H3/b27-15-. The van der Waals surface area contributed by atoms with Gasteiger partial charge in [-0.3, -0.25) is 9.36 Å². The summed E-state index contributed by atoms with van der Waals surface area (Å²) >= 11 is 13.7. The van der Waals surface area contributed by atoms with Crippen LogP contribution in [0.15, 0.2) is 87.8 Å². The zero-order valence-corrected chi connectivity index (χ0v) is 25.7. The van der Waals surface area contributed by atoms with Crippen molar-refractivity contribution in [3.63, 3.8) is 0 Å². The van der Waals surface area contributed by atoms with Crippen LogP contribution in [0.2, 0.25) is 10.0 Å². The maximum Gasteiger partial charge on any atom is 0.338 e. The van der Waals surface area contributed by atoms with Crippen molar-refractivity contribution >= 4 is 46.6 Å². The molecule has 1 unspecified atom stereocenters. The van der Waals surface area contributed by atoms with E-state index in [2.05, 4.69) is 4.99 Å². The van der Waals surface area contributed by atoms with Crippen LogP contribution in [0, 0.1) is 0 Å². The second kappa shape index (κ2) is 12.6. The third-order valence-electron chi connectivity index (χ3n) is 6.57. The van der Waals surface area contributed by atoms with E-state index in [1.165, 1.54) is 15.9 Å². The number of esters is 1.